The number of nitrogens with zero attached hydrogens (tertiary/aromatic N) is 1. The van der Waals surface area contributed by atoms with Gasteiger partial charge < -0.3 is 0 Å². The van der Waals surface area contributed by atoms with Crippen molar-refractivity contribution in [2.24, 2.45) is 0 Å². The number of hydrogen-bond acceptors (Lipinski definition) is 2. The molecular weight excluding hydrogens is 306 g/mol. The zero-order chi connectivity index (χ0) is 12.4. The van der Waals surface area contributed by atoms with Crippen molar-refractivity contribution < 1.29 is 0 Å². The first-order valence-corrected chi connectivity index (χ1v) is 7.27. The van der Waals surface area contributed by atoms with Crippen LogP contribution in [0, 0.1) is 0 Å². The molecule has 0 spiro atoms. The van der Waals surface area contributed by atoms with Crippen molar-refractivity contribution in [1.82, 2.24) is 4.98 Å². The Morgan fingerprint density at radius 3 is 2.28 bits per heavy atom. The molecule has 2 aromatic carbocycles. The maximum absolute atomic E-state index is 4.68. The predicted molar refractivity (Wildman–Crippen MR) is 80.7 cm³/mol. The van der Waals surface area contributed by atoms with Crippen molar-refractivity contribution in [1.29, 1.82) is 0 Å². The molecule has 88 valence electrons. The molecule has 1 nitrogen and oxygen atoms in total. The Labute approximate surface area is 118 Å². The Balaban J connectivity index is 1.97. The first-order valence-electron chi connectivity index (χ1n) is 5.60. The molecule has 0 N–H and O–H groups in total. The lowest BCUT2D eigenvalue weighted by Gasteiger charge is -1.97. The van der Waals surface area contributed by atoms with Crippen LogP contribution in [-0.2, 0) is 0 Å². The van der Waals surface area contributed by atoms with E-state index in [-0.39, 0.29) is 0 Å². The van der Waals surface area contributed by atoms with E-state index in [1.54, 1.807) is 11.3 Å². The van der Waals surface area contributed by atoms with E-state index in [9.17, 15) is 0 Å². The van der Waals surface area contributed by atoms with E-state index in [4.69, 9.17) is 0 Å². The number of halogens is 1. The average molecular weight is 316 g/mol. The summed E-state index contributed by atoms with van der Waals surface area (Å²) in [5.41, 5.74) is 3.36. The summed E-state index contributed by atoms with van der Waals surface area (Å²) in [6, 6.07) is 18.5. The molecule has 0 atom stereocenters. The van der Waals surface area contributed by atoms with E-state index in [2.05, 4.69) is 50.6 Å². The van der Waals surface area contributed by atoms with Crippen LogP contribution in [0.2, 0.25) is 0 Å². The quantitative estimate of drug-likeness (QED) is 0.630. The number of rotatable bonds is 2. The summed E-state index contributed by atoms with van der Waals surface area (Å²) in [7, 11) is 0. The van der Waals surface area contributed by atoms with Gasteiger partial charge >= 0.3 is 0 Å². The largest absolute Gasteiger partial charge is 0.236 e. The molecule has 1 heterocycles. The molecule has 0 aliphatic heterocycles. The highest BCUT2D eigenvalue weighted by Crippen LogP contribution is 2.29. The SMILES string of the molecule is Brc1ccc(-c2nc(-c3ccccc3)cs2)cc1. The van der Waals surface area contributed by atoms with Gasteiger partial charge in [0, 0.05) is 21.0 Å². The fraction of sp³-hybridized carbons (Fsp3) is 0. The van der Waals surface area contributed by atoms with Crippen molar-refractivity contribution in [3.63, 3.8) is 0 Å². The van der Waals surface area contributed by atoms with Gasteiger partial charge in [-0.1, -0.05) is 58.4 Å². The fourth-order valence-electron chi connectivity index (χ4n) is 1.74. The Bertz CT molecular complexity index is 644. The minimum Gasteiger partial charge on any atom is -0.236 e. The Morgan fingerprint density at radius 2 is 1.56 bits per heavy atom. The van der Waals surface area contributed by atoms with E-state index in [0.29, 0.717) is 0 Å². The third-order valence-electron chi connectivity index (χ3n) is 2.66. The summed E-state index contributed by atoms with van der Waals surface area (Å²) >= 11 is 5.12. The summed E-state index contributed by atoms with van der Waals surface area (Å²) in [5.74, 6) is 0. The lowest BCUT2D eigenvalue weighted by molar-refractivity contribution is 1.40. The maximum Gasteiger partial charge on any atom is 0.124 e. The van der Waals surface area contributed by atoms with Crippen LogP contribution in [0.3, 0.4) is 0 Å². The van der Waals surface area contributed by atoms with Gasteiger partial charge in [0.1, 0.15) is 5.01 Å². The number of hydrogen-bond donors (Lipinski definition) is 0. The molecule has 0 aliphatic rings. The molecule has 0 bridgehead atoms. The second kappa shape index (κ2) is 5.04. The van der Waals surface area contributed by atoms with Crippen LogP contribution in [-0.4, -0.2) is 4.98 Å². The van der Waals surface area contributed by atoms with E-state index in [0.717, 1.165) is 26.3 Å². The van der Waals surface area contributed by atoms with Crippen molar-refractivity contribution in [2.75, 3.05) is 0 Å². The highest BCUT2D eigenvalue weighted by Gasteiger charge is 2.05. The summed E-state index contributed by atoms with van der Waals surface area (Å²) in [6.07, 6.45) is 0. The second-order valence-electron chi connectivity index (χ2n) is 3.91. The van der Waals surface area contributed by atoms with Gasteiger partial charge in [-0.15, -0.1) is 11.3 Å². The Morgan fingerprint density at radius 1 is 0.833 bits per heavy atom. The van der Waals surface area contributed by atoms with Crippen LogP contribution in [0.5, 0.6) is 0 Å². The van der Waals surface area contributed by atoms with Gasteiger partial charge in [0.05, 0.1) is 5.69 Å². The molecule has 0 unspecified atom stereocenters. The molecular formula is C15H10BrNS. The minimum absolute atomic E-state index is 1.04. The molecule has 3 aromatic rings. The average Bonchev–Trinajstić information content (AvgIpc) is 2.90. The summed E-state index contributed by atoms with van der Waals surface area (Å²) in [6.45, 7) is 0. The zero-order valence-electron chi connectivity index (χ0n) is 9.51. The molecule has 18 heavy (non-hydrogen) atoms. The molecule has 0 fully saturated rings. The molecule has 1 aromatic heterocycles. The lowest BCUT2D eigenvalue weighted by Crippen LogP contribution is -1.78. The topological polar surface area (TPSA) is 12.9 Å². The smallest absolute Gasteiger partial charge is 0.124 e. The van der Waals surface area contributed by atoms with Crippen molar-refractivity contribution in [3.8, 4) is 21.8 Å². The number of aromatic nitrogens is 1. The lowest BCUT2D eigenvalue weighted by atomic mass is 10.2. The molecule has 0 saturated carbocycles. The minimum atomic E-state index is 1.04. The molecule has 3 heteroatoms. The number of benzene rings is 2. The predicted octanol–water partition coefficient (Wildman–Crippen LogP) is 5.24. The van der Waals surface area contributed by atoms with Gasteiger partial charge in [-0.05, 0) is 12.1 Å². The third kappa shape index (κ3) is 2.37. The summed E-state index contributed by atoms with van der Waals surface area (Å²) in [4.78, 5) is 4.68. The number of thiazole rings is 1. The highest BCUT2D eigenvalue weighted by atomic mass is 79.9. The van der Waals surface area contributed by atoms with E-state index >= 15 is 0 Å². The van der Waals surface area contributed by atoms with Crippen LogP contribution in [0.1, 0.15) is 0 Å². The van der Waals surface area contributed by atoms with Crippen molar-refractivity contribution in [2.45, 2.75) is 0 Å². The van der Waals surface area contributed by atoms with Gasteiger partial charge in [-0.25, -0.2) is 4.98 Å². The standard InChI is InChI=1S/C15H10BrNS/c16-13-8-6-12(7-9-13)15-17-14(10-18-15)11-4-2-1-3-5-11/h1-10H. The van der Waals surface area contributed by atoms with Crippen LogP contribution in [0.15, 0.2) is 64.5 Å². The Hall–Kier alpha value is -1.45. The summed E-state index contributed by atoms with van der Waals surface area (Å²) < 4.78 is 1.09. The third-order valence-corrected chi connectivity index (χ3v) is 4.08. The monoisotopic (exact) mass is 315 g/mol. The van der Waals surface area contributed by atoms with E-state index < -0.39 is 0 Å². The van der Waals surface area contributed by atoms with Gasteiger partial charge in [-0.2, -0.15) is 0 Å². The highest BCUT2D eigenvalue weighted by molar-refractivity contribution is 9.10. The molecule has 0 radical (unpaired) electrons. The van der Waals surface area contributed by atoms with Crippen LogP contribution in [0.4, 0.5) is 0 Å². The molecule has 0 amide bonds. The Kier molecular flexibility index (Phi) is 3.26. The van der Waals surface area contributed by atoms with Gasteiger partial charge in [-0.3, -0.25) is 0 Å². The van der Waals surface area contributed by atoms with Gasteiger partial charge in [0.15, 0.2) is 0 Å². The van der Waals surface area contributed by atoms with Gasteiger partial charge in [0.2, 0.25) is 0 Å². The van der Waals surface area contributed by atoms with Crippen LogP contribution >= 0.6 is 27.3 Å². The van der Waals surface area contributed by atoms with Crippen molar-refractivity contribution >= 4 is 27.3 Å². The first-order chi connectivity index (χ1) is 8.83. The first kappa shape index (κ1) is 11.6. The maximum atomic E-state index is 4.68. The van der Waals surface area contributed by atoms with Gasteiger partial charge in [0.25, 0.3) is 0 Å². The van der Waals surface area contributed by atoms with Crippen LogP contribution < -0.4 is 0 Å². The molecule has 0 aliphatic carbocycles. The molecule has 3 rings (SSSR count). The fourth-order valence-corrected chi connectivity index (χ4v) is 2.84. The summed E-state index contributed by atoms with van der Waals surface area (Å²) in [5, 5.41) is 3.16. The van der Waals surface area contributed by atoms with E-state index in [1.165, 1.54) is 0 Å². The normalized spacial score (nSPS) is 10.5. The zero-order valence-corrected chi connectivity index (χ0v) is 11.9. The second-order valence-corrected chi connectivity index (χ2v) is 5.68. The van der Waals surface area contributed by atoms with Crippen molar-refractivity contribution in [3.05, 3.63) is 64.5 Å². The van der Waals surface area contributed by atoms with E-state index in [1.807, 2.05) is 30.3 Å². The molecule has 0 saturated heterocycles. The van der Waals surface area contributed by atoms with Crippen LogP contribution in [0.25, 0.3) is 21.8 Å².